The molecule has 0 unspecified atom stereocenters. The molecule has 2 aliphatic rings. The van der Waals surface area contributed by atoms with E-state index in [9.17, 15) is 4.79 Å². The van der Waals surface area contributed by atoms with Gasteiger partial charge in [0.2, 0.25) is 0 Å². The van der Waals surface area contributed by atoms with Crippen LogP contribution in [0.1, 0.15) is 75.7 Å². The second-order valence-electron chi connectivity index (χ2n) is 9.72. The first-order chi connectivity index (χ1) is 13.3. The smallest absolute Gasteiger partial charge is 0.251 e. The SMILES string of the molecule is CCN1CCN(C2(CNC(=O)c3ccc(C(C)(C)C)cc3)CCCCC2)CC1. The molecule has 1 saturated heterocycles. The third-order valence-electron chi connectivity index (χ3n) is 6.87. The lowest BCUT2D eigenvalue weighted by atomic mass is 9.79. The highest BCUT2D eigenvalue weighted by atomic mass is 16.1. The topological polar surface area (TPSA) is 35.6 Å². The molecular weight excluding hydrogens is 346 g/mol. The van der Waals surface area contributed by atoms with Gasteiger partial charge in [0.15, 0.2) is 0 Å². The van der Waals surface area contributed by atoms with E-state index in [4.69, 9.17) is 0 Å². The van der Waals surface area contributed by atoms with E-state index in [0.29, 0.717) is 0 Å². The van der Waals surface area contributed by atoms with Crippen molar-refractivity contribution >= 4 is 5.91 Å². The van der Waals surface area contributed by atoms with Gasteiger partial charge < -0.3 is 10.2 Å². The molecule has 1 amide bonds. The Bertz CT molecular complexity index is 633. The van der Waals surface area contributed by atoms with Gasteiger partial charge in [-0.05, 0) is 42.5 Å². The lowest BCUT2D eigenvalue weighted by Crippen LogP contribution is -2.61. The lowest BCUT2D eigenvalue weighted by molar-refractivity contribution is 0.00924. The van der Waals surface area contributed by atoms with Crippen molar-refractivity contribution in [1.82, 2.24) is 15.1 Å². The van der Waals surface area contributed by atoms with Crippen LogP contribution in [-0.4, -0.2) is 60.5 Å². The molecule has 1 aromatic rings. The first kappa shape index (κ1) is 21.3. The molecule has 0 aromatic heterocycles. The van der Waals surface area contributed by atoms with Crippen molar-refractivity contribution < 1.29 is 4.79 Å². The second-order valence-corrected chi connectivity index (χ2v) is 9.72. The van der Waals surface area contributed by atoms with Crippen molar-refractivity contribution in [3.8, 4) is 0 Å². The molecular formula is C24H39N3O. The Balaban J connectivity index is 1.64. The first-order valence-electron chi connectivity index (χ1n) is 11.2. The van der Waals surface area contributed by atoms with Crippen LogP contribution in [0.4, 0.5) is 0 Å². The third-order valence-corrected chi connectivity index (χ3v) is 6.87. The fourth-order valence-corrected chi connectivity index (χ4v) is 4.82. The number of benzene rings is 1. The van der Waals surface area contributed by atoms with E-state index < -0.39 is 0 Å². The van der Waals surface area contributed by atoms with Crippen molar-refractivity contribution in [3.05, 3.63) is 35.4 Å². The third kappa shape index (κ3) is 4.96. The fourth-order valence-electron chi connectivity index (χ4n) is 4.82. The predicted molar refractivity (Wildman–Crippen MR) is 117 cm³/mol. The maximum absolute atomic E-state index is 12.8. The summed E-state index contributed by atoms with van der Waals surface area (Å²) in [5.41, 5.74) is 2.30. The number of nitrogens with zero attached hydrogens (tertiary/aromatic N) is 2. The fraction of sp³-hybridized carbons (Fsp3) is 0.708. The van der Waals surface area contributed by atoms with Gasteiger partial charge in [-0.3, -0.25) is 9.69 Å². The van der Waals surface area contributed by atoms with Crippen molar-refractivity contribution in [2.24, 2.45) is 0 Å². The van der Waals surface area contributed by atoms with Crippen LogP contribution in [0.2, 0.25) is 0 Å². The highest BCUT2D eigenvalue weighted by molar-refractivity contribution is 5.94. The minimum atomic E-state index is 0.0672. The monoisotopic (exact) mass is 385 g/mol. The minimum Gasteiger partial charge on any atom is -0.350 e. The van der Waals surface area contributed by atoms with Crippen LogP contribution < -0.4 is 5.32 Å². The average molecular weight is 386 g/mol. The molecule has 0 bridgehead atoms. The molecule has 4 nitrogen and oxygen atoms in total. The molecule has 1 aliphatic carbocycles. The van der Waals surface area contributed by atoms with Gasteiger partial charge in [-0.15, -0.1) is 0 Å². The number of likely N-dealkylation sites (N-methyl/N-ethyl adjacent to an activating group) is 1. The van der Waals surface area contributed by atoms with Crippen molar-refractivity contribution in [2.75, 3.05) is 39.3 Å². The summed E-state index contributed by atoms with van der Waals surface area (Å²) in [6.45, 7) is 15.3. The Labute approximate surface area is 171 Å². The number of hydrogen-bond donors (Lipinski definition) is 1. The molecule has 3 rings (SSSR count). The standard InChI is InChI=1S/C24H39N3O/c1-5-26-15-17-27(18-16-26)24(13-7-6-8-14-24)19-25-22(28)20-9-11-21(12-10-20)23(2,3)4/h9-12H,5-8,13-19H2,1-4H3,(H,25,28). The van der Waals surface area contributed by atoms with Gasteiger partial charge in [-0.2, -0.15) is 0 Å². The molecule has 1 heterocycles. The van der Waals surface area contributed by atoms with Crippen LogP contribution in [0.5, 0.6) is 0 Å². The van der Waals surface area contributed by atoms with Crippen LogP contribution in [-0.2, 0) is 5.41 Å². The van der Waals surface area contributed by atoms with Crippen molar-refractivity contribution in [1.29, 1.82) is 0 Å². The molecule has 2 fully saturated rings. The van der Waals surface area contributed by atoms with Gasteiger partial charge in [-0.1, -0.05) is 59.1 Å². The van der Waals surface area contributed by atoms with Gasteiger partial charge in [0.1, 0.15) is 0 Å². The maximum Gasteiger partial charge on any atom is 0.251 e. The first-order valence-corrected chi connectivity index (χ1v) is 11.2. The molecule has 28 heavy (non-hydrogen) atoms. The molecule has 0 radical (unpaired) electrons. The summed E-state index contributed by atoms with van der Waals surface area (Å²) in [5.74, 6) is 0.0672. The molecule has 156 valence electrons. The quantitative estimate of drug-likeness (QED) is 0.830. The summed E-state index contributed by atoms with van der Waals surface area (Å²) in [4.78, 5) is 18.0. The number of nitrogens with one attached hydrogen (secondary N) is 1. The number of carbonyl (C=O) groups excluding carboxylic acids is 1. The van der Waals surface area contributed by atoms with E-state index in [0.717, 1.165) is 44.8 Å². The van der Waals surface area contributed by atoms with Crippen molar-refractivity contribution in [2.45, 2.75) is 70.8 Å². The Kier molecular flexibility index (Phi) is 6.82. The van der Waals surface area contributed by atoms with Crippen LogP contribution in [0.3, 0.4) is 0 Å². The molecule has 4 heteroatoms. The number of piperazine rings is 1. The molecule has 0 atom stereocenters. The Hall–Kier alpha value is -1.39. The Morgan fingerprint density at radius 1 is 1.00 bits per heavy atom. The second kappa shape index (κ2) is 8.96. The van der Waals surface area contributed by atoms with Gasteiger partial charge in [0.05, 0.1) is 0 Å². The summed E-state index contributed by atoms with van der Waals surface area (Å²) >= 11 is 0. The van der Waals surface area contributed by atoms with E-state index in [1.807, 2.05) is 12.1 Å². The van der Waals surface area contributed by atoms with Crippen molar-refractivity contribution in [3.63, 3.8) is 0 Å². The zero-order valence-electron chi connectivity index (χ0n) is 18.4. The summed E-state index contributed by atoms with van der Waals surface area (Å²) in [7, 11) is 0. The van der Waals surface area contributed by atoms with E-state index >= 15 is 0 Å². The van der Waals surface area contributed by atoms with E-state index in [2.05, 4.69) is 54.9 Å². The van der Waals surface area contributed by atoms with Gasteiger partial charge >= 0.3 is 0 Å². The molecule has 0 spiro atoms. The number of amides is 1. The molecule has 1 aliphatic heterocycles. The Morgan fingerprint density at radius 3 is 2.14 bits per heavy atom. The minimum absolute atomic E-state index is 0.0672. The Morgan fingerprint density at radius 2 is 1.61 bits per heavy atom. The molecule has 1 N–H and O–H groups in total. The number of rotatable bonds is 5. The van der Waals surface area contributed by atoms with Crippen LogP contribution in [0.15, 0.2) is 24.3 Å². The van der Waals surface area contributed by atoms with Crippen LogP contribution >= 0.6 is 0 Å². The van der Waals surface area contributed by atoms with Crippen LogP contribution in [0.25, 0.3) is 0 Å². The van der Waals surface area contributed by atoms with Gasteiger partial charge in [0, 0.05) is 43.8 Å². The normalized spacial score (nSPS) is 21.4. The van der Waals surface area contributed by atoms with Crippen LogP contribution in [0, 0.1) is 0 Å². The van der Waals surface area contributed by atoms with Gasteiger partial charge in [-0.25, -0.2) is 0 Å². The average Bonchev–Trinajstić information content (AvgIpc) is 2.72. The summed E-state index contributed by atoms with van der Waals surface area (Å²) < 4.78 is 0. The highest BCUT2D eigenvalue weighted by Crippen LogP contribution is 2.34. The molecule has 1 saturated carbocycles. The van der Waals surface area contributed by atoms with E-state index in [1.54, 1.807) is 0 Å². The van der Waals surface area contributed by atoms with E-state index in [-0.39, 0.29) is 16.9 Å². The zero-order valence-corrected chi connectivity index (χ0v) is 18.4. The van der Waals surface area contributed by atoms with Gasteiger partial charge in [0.25, 0.3) is 5.91 Å². The number of hydrogen-bond acceptors (Lipinski definition) is 3. The lowest BCUT2D eigenvalue weighted by Gasteiger charge is -2.50. The summed E-state index contributed by atoms with van der Waals surface area (Å²) in [5, 5.41) is 3.30. The predicted octanol–water partition coefficient (Wildman–Crippen LogP) is 4.05. The number of carbonyl (C=O) groups is 1. The maximum atomic E-state index is 12.8. The van der Waals surface area contributed by atoms with E-state index in [1.165, 1.54) is 37.7 Å². The molecule has 1 aromatic carbocycles. The summed E-state index contributed by atoms with van der Waals surface area (Å²) in [6, 6.07) is 8.14. The largest absolute Gasteiger partial charge is 0.350 e. The highest BCUT2D eigenvalue weighted by Gasteiger charge is 2.39. The zero-order chi connectivity index (χ0) is 20.2. The summed E-state index contributed by atoms with van der Waals surface area (Å²) in [6.07, 6.45) is 6.32.